The summed E-state index contributed by atoms with van der Waals surface area (Å²) in [5.41, 5.74) is 2.88. The van der Waals surface area contributed by atoms with E-state index < -0.39 is 28.3 Å². The highest BCUT2D eigenvalue weighted by Crippen LogP contribution is 2.37. The zero-order chi connectivity index (χ0) is 29.3. The fourth-order valence-electron chi connectivity index (χ4n) is 5.04. The number of para-hydroxylation sites is 1. The molecular weight excluding hydrogens is 550 g/mol. The number of ether oxygens (including phenoxy) is 1. The van der Waals surface area contributed by atoms with Crippen LogP contribution in [-0.2, 0) is 21.0 Å². The summed E-state index contributed by atoms with van der Waals surface area (Å²) >= 11 is 0. The highest BCUT2D eigenvalue weighted by molar-refractivity contribution is 7.90. The molecule has 1 unspecified atom stereocenters. The average molecular weight is 581 g/mol. The van der Waals surface area contributed by atoms with E-state index in [1.165, 1.54) is 10.6 Å². The van der Waals surface area contributed by atoms with Crippen molar-refractivity contribution < 1.29 is 21.9 Å². The van der Waals surface area contributed by atoms with Crippen molar-refractivity contribution in [2.24, 2.45) is 0 Å². The van der Waals surface area contributed by atoms with Gasteiger partial charge in [0.15, 0.2) is 21.3 Å². The molecule has 12 heteroatoms. The first-order valence-electron chi connectivity index (χ1n) is 13.3. The number of imidazole rings is 1. The van der Waals surface area contributed by atoms with Crippen molar-refractivity contribution >= 4 is 38.2 Å². The van der Waals surface area contributed by atoms with Crippen LogP contribution in [0.25, 0.3) is 16.0 Å². The number of rotatable bonds is 8. The van der Waals surface area contributed by atoms with Crippen LogP contribution in [0, 0.1) is 6.57 Å². The standard InChI is InChI=1S/C29H30F2N6O3S/c1-17(2)20-13-12-18(33-27(20)32-3)15-19-16-22(35-21-9-5-6-10-23(21)41(4,38)39)25-28(34-19)37(29(36-25)26(30)31)24-11-7-8-14-40-24/h5-6,9-10,12-13,16-17,24,26H,7-8,11,14-15H2,1-2,4H3,(H,34,35). The molecule has 0 saturated carbocycles. The highest BCUT2D eigenvalue weighted by Gasteiger charge is 2.29. The topological polar surface area (TPSA) is 103 Å². The summed E-state index contributed by atoms with van der Waals surface area (Å²) in [7, 11) is -3.60. The van der Waals surface area contributed by atoms with E-state index in [4.69, 9.17) is 16.3 Å². The normalized spacial score (nSPS) is 15.9. The molecule has 0 amide bonds. The first-order chi connectivity index (χ1) is 19.6. The van der Waals surface area contributed by atoms with Gasteiger partial charge in [0.05, 0.1) is 28.4 Å². The van der Waals surface area contributed by atoms with Crippen LogP contribution in [0.15, 0.2) is 47.4 Å². The van der Waals surface area contributed by atoms with Gasteiger partial charge >= 0.3 is 0 Å². The van der Waals surface area contributed by atoms with Crippen LogP contribution < -0.4 is 5.32 Å². The highest BCUT2D eigenvalue weighted by atomic mass is 32.2. The maximum atomic E-state index is 14.3. The molecule has 0 spiro atoms. The number of nitrogens with zero attached hydrogens (tertiary/aromatic N) is 5. The molecule has 4 heterocycles. The molecule has 1 fully saturated rings. The van der Waals surface area contributed by atoms with Gasteiger partial charge in [0, 0.05) is 12.9 Å². The van der Waals surface area contributed by atoms with Crippen molar-refractivity contribution in [3.8, 4) is 0 Å². The van der Waals surface area contributed by atoms with E-state index in [-0.39, 0.29) is 34.1 Å². The number of fused-ring (bicyclic) bond motifs is 1. The molecule has 5 rings (SSSR count). The van der Waals surface area contributed by atoms with Gasteiger partial charge in [0.1, 0.15) is 17.4 Å². The molecule has 41 heavy (non-hydrogen) atoms. The summed E-state index contributed by atoms with van der Waals surface area (Å²) in [4.78, 5) is 17.2. The van der Waals surface area contributed by atoms with Crippen molar-refractivity contribution in [3.63, 3.8) is 0 Å². The molecule has 9 nitrogen and oxygen atoms in total. The minimum absolute atomic E-state index is 0.0586. The Morgan fingerprint density at radius 3 is 2.54 bits per heavy atom. The number of hydrogen-bond donors (Lipinski definition) is 1. The summed E-state index contributed by atoms with van der Waals surface area (Å²) < 4.78 is 60.9. The number of halogens is 2. The third-order valence-electron chi connectivity index (χ3n) is 6.98. The van der Waals surface area contributed by atoms with Crippen molar-refractivity contribution in [1.29, 1.82) is 0 Å². The Labute approximate surface area is 237 Å². The molecule has 1 N–H and O–H groups in total. The Kier molecular flexibility index (Phi) is 8.02. The number of nitrogens with one attached hydrogen (secondary N) is 1. The minimum atomic E-state index is -3.60. The van der Waals surface area contributed by atoms with Gasteiger partial charge in [-0.05, 0) is 55.0 Å². The molecule has 1 aromatic carbocycles. The van der Waals surface area contributed by atoms with E-state index in [1.807, 2.05) is 26.0 Å². The lowest BCUT2D eigenvalue weighted by Crippen LogP contribution is -2.20. The second-order valence-corrected chi connectivity index (χ2v) is 12.3. The van der Waals surface area contributed by atoms with Crippen molar-refractivity contribution in [2.75, 3.05) is 18.2 Å². The molecular formula is C29H30F2N6O3S. The van der Waals surface area contributed by atoms with Crippen molar-refractivity contribution in [3.05, 3.63) is 76.7 Å². The molecule has 0 radical (unpaired) electrons. The van der Waals surface area contributed by atoms with Gasteiger partial charge in [-0.15, -0.1) is 4.98 Å². The number of anilines is 2. The molecule has 4 aromatic rings. The fraction of sp³-hybridized carbons (Fsp3) is 0.379. The second kappa shape index (κ2) is 11.5. The summed E-state index contributed by atoms with van der Waals surface area (Å²) in [5, 5.41) is 3.13. The third kappa shape index (κ3) is 5.92. The van der Waals surface area contributed by atoms with Crippen LogP contribution in [0.1, 0.15) is 74.5 Å². The lowest BCUT2D eigenvalue weighted by molar-refractivity contribution is -0.0363. The van der Waals surface area contributed by atoms with Gasteiger partial charge < -0.3 is 14.9 Å². The zero-order valence-electron chi connectivity index (χ0n) is 22.9. The van der Waals surface area contributed by atoms with Crippen LogP contribution in [-0.4, -0.2) is 40.8 Å². The van der Waals surface area contributed by atoms with Crippen LogP contribution >= 0.6 is 0 Å². The smallest absolute Gasteiger partial charge is 0.295 e. The molecule has 0 bridgehead atoms. The quantitative estimate of drug-likeness (QED) is 0.227. The summed E-state index contributed by atoms with van der Waals surface area (Å²) in [6.45, 7) is 12.0. The SMILES string of the molecule is [C-]#[N+]c1nc(Cc2cc(Nc3ccccc3S(C)(=O)=O)c3nc(C(F)F)n(C4CCCCO4)c3n2)ccc1C(C)C. The Morgan fingerprint density at radius 1 is 1.10 bits per heavy atom. The molecule has 0 aliphatic carbocycles. The van der Waals surface area contributed by atoms with Crippen LogP contribution in [0.3, 0.4) is 0 Å². The Morgan fingerprint density at radius 2 is 1.88 bits per heavy atom. The predicted octanol–water partition coefficient (Wildman–Crippen LogP) is 6.88. The van der Waals surface area contributed by atoms with Crippen LogP contribution in [0.2, 0.25) is 0 Å². The zero-order valence-corrected chi connectivity index (χ0v) is 23.8. The molecule has 1 aliphatic heterocycles. The molecule has 1 saturated heterocycles. The van der Waals surface area contributed by atoms with Crippen LogP contribution in [0.5, 0.6) is 0 Å². The van der Waals surface area contributed by atoms with Gasteiger partial charge in [-0.25, -0.2) is 27.2 Å². The minimum Gasteiger partial charge on any atom is -0.360 e. The van der Waals surface area contributed by atoms with Gasteiger partial charge in [-0.3, -0.25) is 4.57 Å². The number of alkyl halides is 2. The maximum absolute atomic E-state index is 14.3. The number of hydrogen-bond acceptors (Lipinski definition) is 7. The maximum Gasteiger partial charge on any atom is 0.295 e. The fourth-order valence-corrected chi connectivity index (χ4v) is 5.89. The lowest BCUT2D eigenvalue weighted by Gasteiger charge is -2.25. The summed E-state index contributed by atoms with van der Waals surface area (Å²) in [6.07, 6.45) is -0.0573. The second-order valence-electron chi connectivity index (χ2n) is 10.3. The van der Waals surface area contributed by atoms with E-state index >= 15 is 0 Å². The number of aromatic nitrogens is 4. The first kappa shape index (κ1) is 28.6. The predicted molar refractivity (Wildman–Crippen MR) is 152 cm³/mol. The van der Waals surface area contributed by atoms with Crippen LogP contribution in [0.4, 0.5) is 26.0 Å². The van der Waals surface area contributed by atoms with Crippen molar-refractivity contribution in [2.45, 2.75) is 63.0 Å². The Hall–Kier alpha value is -3.95. The molecule has 1 aliphatic rings. The van der Waals surface area contributed by atoms with E-state index in [0.717, 1.165) is 24.7 Å². The number of pyridine rings is 2. The van der Waals surface area contributed by atoms with E-state index in [2.05, 4.69) is 20.1 Å². The summed E-state index contributed by atoms with van der Waals surface area (Å²) in [6, 6.07) is 11.7. The number of sulfone groups is 1. The lowest BCUT2D eigenvalue weighted by atomic mass is 10.0. The van der Waals surface area contributed by atoms with E-state index in [0.29, 0.717) is 35.9 Å². The van der Waals surface area contributed by atoms with Gasteiger partial charge in [0.25, 0.3) is 12.2 Å². The molecule has 214 valence electrons. The average Bonchev–Trinajstić information content (AvgIpc) is 3.33. The molecule has 3 aromatic heterocycles. The monoisotopic (exact) mass is 580 g/mol. The Bertz CT molecular complexity index is 1740. The Balaban J connectivity index is 1.69. The first-order valence-corrected chi connectivity index (χ1v) is 15.2. The van der Waals surface area contributed by atoms with Crippen molar-refractivity contribution in [1.82, 2.24) is 19.5 Å². The largest absolute Gasteiger partial charge is 0.360 e. The molecule has 1 atom stereocenters. The van der Waals surface area contributed by atoms with Gasteiger partial charge in [0.2, 0.25) is 0 Å². The van der Waals surface area contributed by atoms with E-state index in [1.54, 1.807) is 24.3 Å². The third-order valence-corrected chi connectivity index (χ3v) is 8.13. The van der Waals surface area contributed by atoms with Gasteiger partial charge in [-0.2, -0.15) is 0 Å². The summed E-state index contributed by atoms with van der Waals surface area (Å²) in [5.74, 6) is -0.0382. The van der Waals surface area contributed by atoms with Gasteiger partial charge in [-0.1, -0.05) is 38.6 Å². The van der Waals surface area contributed by atoms with E-state index in [9.17, 15) is 17.2 Å². The number of benzene rings is 1.